The molecular weight excluding hydrogens is 180 g/mol. The predicted molar refractivity (Wildman–Crippen MR) is 61.2 cm³/mol. The highest BCUT2D eigenvalue weighted by Crippen LogP contribution is 2.31. The zero-order chi connectivity index (χ0) is 9.84. The summed E-state index contributed by atoms with van der Waals surface area (Å²) < 4.78 is 0. The first kappa shape index (κ1) is 11.3. The lowest BCUT2D eigenvalue weighted by Crippen LogP contribution is -2.51. The Balaban J connectivity index is 2.33. The Bertz CT molecular complexity index is 150. The minimum absolute atomic E-state index is 0.689. The van der Waals surface area contributed by atoms with Gasteiger partial charge in [0.1, 0.15) is 0 Å². The summed E-state index contributed by atoms with van der Waals surface area (Å²) in [4.78, 5) is 2.51. The standard InChI is InChI=1S/C10H22N2S/c1-8(7-13-3)12(2)10-5-4-9(10)6-11/h8-10H,4-7,11H2,1-3H3. The van der Waals surface area contributed by atoms with Crippen LogP contribution < -0.4 is 5.73 Å². The van der Waals surface area contributed by atoms with Crippen molar-refractivity contribution in [3.8, 4) is 0 Å². The van der Waals surface area contributed by atoms with Gasteiger partial charge in [0.05, 0.1) is 0 Å². The number of rotatable bonds is 5. The van der Waals surface area contributed by atoms with E-state index in [1.807, 2.05) is 11.8 Å². The molecule has 0 aliphatic heterocycles. The average molecular weight is 202 g/mol. The van der Waals surface area contributed by atoms with Crippen molar-refractivity contribution >= 4 is 11.8 Å². The highest BCUT2D eigenvalue weighted by molar-refractivity contribution is 7.98. The van der Waals surface area contributed by atoms with Crippen molar-refractivity contribution in [1.82, 2.24) is 4.90 Å². The summed E-state index contributed by atoms with van der Waals surface area (Å²) in [6.45, 7) is 3.17. The topological polar surface area (TPSA) is 29.3 Å². The molecule has 3 heteroatoms. The van der Waals surface area contributed by atoms with E-state index >= 15 is 0 Å². The van der Waals surface area contributed by atoms with Gasteiger partial charge < -0.3 is 5.73 Å². The lowest BCUT2D eigenvalue weighted by molar-refractivity contribution is 0.0672. The molecule has 0 aromatic rings. The molecular formula is C10H22N2S. The molecule has 0 heterocycles. The van der Waals surface area contributed by atoms with E-state index in [0.717, 1.165) is 18.5 Å². The molecule has 1 fully saturated rings. The highest BCUT2D eigenvalue weighted by atomic mass is 32.2. The van der Waals surface area contributed by atoms with Gasteiger partial charge in [-0.05, 0) is 45.5 Å². The molecule has 2 nitrogen and oxygen atoms in total. The average Bonchev–Trinajstić information content (AvgIpc) is 2.03. The van der Waals surface area contributed by atoms with E-state index in [9.17, 15) is 0 Å². The lowest BCUT2D eigenvalue weighted by Gasteiger charge is -2.44. The zero-order valence-corrected chi connectivity index (χ0v) is 9.81. The molecule has 78 valence electrons. The quantitative estimate of drug-likeness (QED) is 0.731. The van der Waals surface area contributed by atoms with Crippen LogP contribution >= 0.6 is 11.8 Å². The van der Waals surface area contributed by atoms with Crippen molar-refractivity contribution in [2.45, 2.75) is 31.8 Å². The second kappa shape index (κ2) is 5.23. The van der Waals surface area contributed by atoms with E-state index in [1.165, 1.54) is 18.6 Å². The van der Waals surface area contributed by atoms with E-state index in [0.29, 0.717) is 6.04 Å². The molecule has 1 aliphatic rings. The van der Waals surface area contributed by atoms with Gasteiger partial charge in [-0.1, -0.05) is 0 Å². The van der Waals surface area contributed by atoms with E-state index in [1.54, 1.807) is 0 Å². The predicted octanol–water partition coefficient (Wildman–Crippen LogP) is 1.41. The first-order chi connectivity index (χ1) is 6.20. The fourth-order valence-corrected chi connectivity index (χ4v) is 2.77. The van der Waals surface area contributed by atoms with Crippen LogP contribution in [0.2, 0.25) is 0 Å². The van der Waals surface area contributed by atoms with Gasteiger partial charge in [0.15, 0.2) is 0 Å². The molecule has 2 N–H and O–H groups in total. The van der Waals surface area contributed by atoms with Crippen LogP contribution in [0.1, 0.15) is 19.8 Å². The van der Waals surface area contributed by atoms with Crippen molar-refractivity contribution in [2.75, 3.05) is 25.6 Å². The Morgan fingerprint density at radius 1 is 1.54 bits per heavy atom. The van der Waals surface area contributed by atoms with Crippen LogP contribution in [0.3, 0.4) is 0 Å². The maximum absolute atomic E-state index is 5.70. The molecule has 0 spiro atoms. The largest absolute Gasteiger partial charge is 0.330 e. The summed E-state index contributed by atoms with van der Waals surface area (Å²) in [5.41, 5.74) is 5.70. The number of thioether (sulfide) groups is 1. The van der Waals surface area contributed by atoms with Gasteiger partial charge in [0, 0.05) is 17.8 Å². The third-order valence-electron chi connectivity index (χ3n) is 3.31. The highest BCUT2D eigenvalue weighted by Gasteiger charge is 2.34. The third-order valence-corrected chi connectivity index (χ3v) is 4.12. The molecule has 3 unspecified atom stereocenters. The summed E-state index contributed by atoms with van der Waals surface area (Å²) in [6.07, 6.45) is 4.85. The number of nitrogens with two attached hydrogens (primary N) is 1. The second-order valence-corrected chi connectivity index (χ2v) is 5.02. The molecule has 1 saturated carbocycles. The van der Waals surface area contributed by atoms with Crippen LogP contribution in [0, 0.1) is 5.92 Å². The van der Waals surface area contributed by atoms with Crippen LogP contribution in [-0.2, 0) is 0 Å². The molecule has 13 heavy (non-hydrogen) atoms. The summed E-state index contributed by atoms with van der Waals surface area (Å²) in [5, 5.41) is 0. The van der Waals surface area contributed by atoms with Gasteiger partial charge in [0.25, 0.3) is 0 Å². The number of nitrogens with zero attached hydrogens (tertiary/aromatic N) is 1. The van der Waals surface area contributed by atoms with Gasteiger partial charge in [-0.3, -0.25) is 4.90 Å². The van der Waals surface area contributed by atoms with Gasteiger partial charge in [0.2, 0.25) is 0 Å². The minimum atomic E-state index is 0.689. The Labute approximate surface area is 86.2 Å². The van der Waals surface area contributed by atoms with Crippen molar-refractivity contribution in [1.29, 1.82) is 0 Å². The Morgan fingerprint density at radius 2 is 2.23 bits per heavy atom. The molecule has 1 rings (SSSR count). The summed E-state index contributed by atoms with van der Waals surface area (Å²) in [7, 11) is 2.24. The van der Waals surface area contributed by atoms with Crippen LogP contribution in [0.4, 0.5) is 0 Å². The maximum atomic E-state index is 5.70. The Morgan fingerprint density at radius 3 is 2.62 bits per heavy atom. The Hall–Kier alpha value is 0.270. The monoisotopic (exact) mass is 202 g/mol. The van der Waals surface area contributed by atoms with E-state index in [4.69, 9.17) is 5.73 Å². The van der Waals surface area contributed by atoms with E-state index < -0.39 is 0 Å². The normalized spacial score (nSPS) is 30.2. The van der Waals surface area contributed by atoms with Crippen LogP contribution in [-0.4, -0.2) is 42.6 Å². The summed E-state index contributed by atoms with van der Waals surface area (Å²) in [5.74, 6) is 1.99. The molecule has 3 atom stereocenters. The molecule has 0 radical (unpaired) electrons. The molecule has 0 amide bonds. The fourth-order valence-electron chi connectivity index (χ4n) is 2.05. The Kier molecular flexibility index (Phi) is 4.56. The van der Waals surface area contributed by atoms with Crippen LogP contribution in [0.25, 0.3) is 0 Å². The van der Waals surface area contributed by atoms with Crippen molar-refractivity contribution in [3.63, 3.8) is 0 Å². The van der Waals surface area contributed by atoms with Gasteiger partial charge >= 0.3 is 0 Å². The first-order valence-electron chi connectivity index (χ1n) is 5.11. The molecule has 0 aromatic heterocycles. The minimum Gasteiger partial charge on any atom is -0.330 e. The smallest absolute Gasteiger partial charge is 0.0157 e. The van der Waals surface area contributed by atoms with E-state index in [-0.39, 0.29) is 0 Å². The molecule has 0 bridgehead atoms. The summed E-state index contributed by atoms with van der Waals surface area (Å²) >= 11 is 1.93. The van der Waals surface area contributed by atoms with Crippen LogP contribution in [0.5, 0.6) is 0 Å². The van der Waals surface area contributed by atoms with Crippen molar-refractivity contribution < 1.29 is 0 Å². The number of hydrogen-bond acceptors (Lipinski definition) is 3. The van der Waals surface area contributed by atoms with Crippen molar-refractivity contribution in [2.24, 2.45) is 11.7 Å². The van der Waals surface area contributed by atoms with Crippen molar-refractivity contribution in [3.05, 3.63) is 0 Å². The maximum Gasteiger partial charge on any atom is 0.0157 e. The van der Waals surface area contributed by atoms with E-state index in [2.05, 4.69) is 25.1 Å². The number of hydrogen-bond donors (Lipinski definition) is 1. The molecule has 0 saturated heterocycles. The molecule has 0 aromatic carbocycles. The second-order valence-electron chi connectivity index (χ2n) is 4.11. The van der Waals surface area contributed by atoms with Gasteiger partial charge in [-0.2, -0.15) is 11.8 Å². The summed E-state index contributed by atoms with van der Waals surface area (Å²) in [6, 6.07) is 1.45. The van der Waals surface area contributed by atoms with Gasteiger partial charge in [-0.15, -0.1) is 0 Å². The fraction of sp³-hybridized carbons (Fsp3) is 1.00. The van der Waals surface area contributed by atoms with Crippen LogP contribution in [0.15, 0.2) is 0 Å². The first-order valence-corrected chi connectivity index (χ1v) is 6.51. The molecule has 1 aliphatic carbocycles. The third kappa shape index (κ3) is 2.61. The van der Waals surface area contributed by atoms with Gasteiger partial charge in [-0.25, -0.2) is 0 Å². The zero-order valence-electron chi connectivity index (χ0n) is 8.99. The SMILES string of the molecule is CSCC(C)N(C)C1CCC1CN. The lowest BCUT2D eigenvalue weighted by atomic mass is 9.78.